The molecule has 1 radical (unpaired) electrons. The molecule has 0 bridgehead atoms. The van der Waals surface area contributed by atoms with Gasteiger partial charge in [-0.1, -0.05) is 10.8 Å². The average Bonchev–Trinajstić information content (AvgIpc) is 1.80. The molecular weight excluding hydrogens is 183 g/mol. The van der Waals surface area contributed by atoms with E-state index >= 15 is 0 Å². The molecule has 0 rings (SSSR count). The van der Waals surface area contributed by atoms with Gasteiger partial charge in [0.15, 0.2) is 0 Å². The van der Waals surface area contributed by atoms with Crippen LogP contribution >= 0.6 is 30.7 Å². The van der Waals surface area contributed by atoms with Crippen LogP contribution in [0.3, 0.4) is 0 Å². The minimum Gasteiger partial charge on any atom is -0.297 e. The Morgan fingerprint density at radius 2 is 2.44 bits per heavy atom. The Bertz CT molecular complexity index is 88.6. The topological polar surface area (TPSA) is 55.8 Å². The molecule has 0 aliphatic heterocycles. The maximum absolute atomic E-state index is 9.74. The Balaban J connectivity index is 2.83. The molecule has 0 aliphatic carbocycles. The van der Waals surface area contributed by atoms with Gasteiger partial charge >= 0.3 is 8.25 Å². The summed E-state index contributed by atoms with van der Waals surface area (Å²) in [6.07, 6.45) is 0. The smallest absolute Gasteiger partial charge is 0.297 e. The predicted molar refractivity (Wildman–Crippen MR) is 38.3 cm³/mol. The van der Waals surface area contributed by atoms with Crippen molar-refractivity contribution < 1.29 is 19.0 Å². The first kappa shape index (κ1) is 9.68. The van der Waals surface area contributed by atoms with Crippen molar-refractivity contribution in [1.29, 1.82) is 0 Å². The van der Waals surface area contributed by atoms with Gasteiger partial charge in [-0.05, 0) is 0 Å². The molecule has 9 heavy (non-hydrogen) atoms. The molecule has 7 heteroatoms. The fraction of sp³-hybridized carbons (Fsp3) is 1.00. The van der Waals surface area contributed by atoms with Gasteiger partial charge in [0.25, 0.3) is 0 Å². The zero-order valence-corrected chi connectivity index (χ0v) is 6.99. The maximum Gasteiger partial charge on any atom is 0.395 e. The molecule has 55 valence electrons. The Hall–Kier alpha value is 0.680. The van der Waals surface area contributed by atoms with Crippen molar-refractivity contribution in [2.45, 2.75) is 0 Å². The minimum absolute atomic E-state index is 0.260. The van der Waals surface area contributed by atoms with Crippen molar-refractivity contribution in [3.05, 3.63) is 0 Å². The third-order valence-corrected chi connectivity index (χ3v) is 1.50. The third-order valence-electron chi connectivity index (χ3n) is 0.374. The highest BCUT2D eigenvalue weighted by molar-refractivity contribution is 8.68. The number of thiol groups is 1. The first-order chi connectivity index (χ1) is 4.27. The molecule has 0 spiro atoms. The summed E-state index contributed by atoms with van der Waals surface area (Å²) >= 11 is 3.79. The zero-order valence-electron chi connectivity index (χ0n) is 4.39. The van der Waals surface area contributed by atoms with Crippen LogP contribution < -0.4 is 0 Å². The molecule has 0 saturated carbocycles. The Labute approximate surface area is 62.6 Å². The fourth-order valence-electron chi connectivity index (χ4n) is 0.154. The molecule has 1 atom stereocenters. The van der Waals surface area contributed by atoms with Crippen LogP contribution in [0.4, 0.5) is 0 Å². The Morgan fingerprint density at radius 3 is 2.89 bits per heavy atom. The highest BCUT2D eigenvalue weighted by Crippen LogP contribution is 2.14. The lowest BCUT2D eigenvalue weighted by molar-refractivity contribution is -0.201. The van der Waals surface area contributed by atoms with Gasteiger partial charge in [-0.3, -0.25) is 4.89 Å². The molecule has 0 saturated heterocycles. The van der Waals surface area contributed by atoms with Crippen LogP contribution in [-0.2, 0) is 14.1 Å². The van der Waals surface area contributed by atoms with Crippen LogP contribution in [0.25, 0.3) is 0 Å². The summed E-state index contributed by atoms with van der Waals surface area (Å²) in [4.78, 5) is 12.2. The molecule has 1 N–H and O–H groups in total. The van der Waals surface area contributed by atoms with E-state index in [1.807, 2.05) is 0 Å². The predicted octanol–water partition coefficient (Wildman–Crippen LogP) is 1.16. The summed E-state index contributed by atoms with van der Waals surface area (Å²) in [6.45, 7) is 0.260. The van der Waals surface area contributed by atoms with Crippen molar-refractivity contribution in [3.8, 4) is 0 Å². The second-order valence-electron chi connectivity index (χ2n) is 0.968. The van der Waals surface area contributed by atoms with E-state index in [2.05, 4.69) is 21.2 Å². The highest BCUT2D eigenvalue weighted by atomic mass is 33.1. The van der Waals surface area contributed by atoms with Gasteiger partial charge in [-0.15, -0.1) is 16.3 Å². The molecule has 0 heterocycles. The summed E-state index contributed by atoms with van der Waals surface area (Å²) in [7, 11) is -1.36. The molecule has 1 unspecified atom stereocenters. The largest absolute Gasteiger partial charge is 0.395 e. The monoisotopic (exact) mass is 189 g/mol. The van der Waals surface area contributed by atoms with E-state index < -0.39 is 8.25 Å². The number of hydrogen-bond acceptors (Lipinski definition) is 5. The highest BCUT2D eigenvalue weighted by Gasteiger charge is 1.93. The Kier molecular flexibility index (Phi) is 7.31. The SMILES string of the molecule is O=[P](O)OOCCSS. The molecule has 0 fully saturated rings. The summed E-state index contributed by atoms with van der Waals surface area (Å²) < 4.78 is 13.6. The van der Waals surface area contributed by atoms with Crippen LogP contribution in [0.2, 0.25) is 0 Å². The van der Waals surface area contributed by atoms with Crippen LogP contribution in [0, 0.1) is 0 Å². The van der Waals surface area contributed by atoms with Crippen LogP contribution in [-0.4, -0.2) is 17.3 Å². The van der Waals surface area contributed by atoms with Gasteiger partial charge in [-0.2, -0.15) is 0 Å². The normalized spacial score (nSPS) is 11.6. The summed E-state index contributed by atoms with van der Waals surface area (Å²) in [6, 6.07) is 0. The van der Waals surface area contributed by atoms with Crippen LogP contribution in [0.5, 0.6) is 0 Å². The summed E-state index contributed by atoms with van der Waals surface area (Å²) in [5.41, 5.74) is 0. The molecule has 0 amide bonds. The summed E-state index contributed by atoms with van der Waals surface area (Å²) in [5, 5.41) is 0. The van der Waals surface area contributed by atoms with Crippen LogP contribution in [0.1, 0.15) is 0 Å². The van der Waals surface area contributed by atoms with Crippen LogP contribution in [0.15, 0.2) is 0 Å². The van der Waals surface area contributed by atoms with Gasteiger partial charge in [0.1, 0.15) is 0 Å². The van der Waals surface area contributed by atoms with E-state index in [0.717, 1.165) is 0 Å². The van der Waals surface area contributed by atoms with E-state index in [0.29, 0.717) is 5.75 Å². The lowest BCUT2D eigenvalue weighted by Crippen LogP contribution is -1.92. The van der Waals surface area contributed by atoms with Crippen molar-refractivity contribution in [2.75, 3.05) is 12.4 Å². The molecule has 0 aliphatic rings. The van der Waals surface area contributed by atoms with Gasteiger partial charge in [0.05, 0.1) is 6.61 Å². The first-order valence-electron chi connectivity index (χ1n) is 1.99. The zero-order chi connectivity index (χ0) is 7.11. The second-order valence-corrected chi connectivity index (χ2v) is 3.03. The van der Waals surface area contributed by atoms with E-state index in [-0.39, 0.29) is 6.61 Å². The Morgan fingerprint density at radius 1 is 1.78 bits per heavy atom. The molecular formula is C2H6O4PS2. The first-order valence-corrected chi connectivity index (χ1v) is 5.16. The molecule has 0 aromatic carbocycles. The lowest BCUT2D eigenvalue weighted by atomic mass is 10.9. The maximum atomic E-state index is 9.74. The molecule has 0 aromatic rings. The summed E-state index contributed by atoms with van der Waals surface area (Å²) in [5.74, 6) is 0.617. The second kappa shape index (κ2) is 6.80. The van der Waals surface area contributed by atoms with Crippen molar-refractivity contribution in [2.24, 2.45) is 0 Å². The fourth-order valence-corrected chi connectivity index (χ4v) is 0.685. The van der Waals surface area contributed by atoms with Gasteiger partial charge in [0.2, 0.25) is 0 Å². The van der Waals surface area contributed by atoms with E-state index in [4.69, 9.17) is 4.89 Å². The molecule has 4 nitrogen and oxygen atoms in total. The number of rotatable bonds is 5. The van der Waals surface area contributed by atoms with E-state index in [1.165, 1.54) is 10.8 Å². The number of hydrogen-bond donors (Lipinski definition) is 2. The minimum atomic E-state index is -2.62. The van der Waals surface area contributed by atoms with Crippen molar-refractivity contribution >= 4 is 30.7 Å². The van der Waals surface area contributed by atoms with Gasteiger partial charge in [0, 0.05) is 5.75 Å². The van der Waals surface area contributed by atoms with E-state index in [1.54, 1.807) is 0 Å². The van der Waals surface area contributed by atoms with E-state index in [9.17, 15) is 4.57 Å². The molecule has 0 aromatic heterocycles. The average molecular weight is 189 g/mol. The van der Waals surface area contributed by atoms with Gasteiger partial charge < -0.3 is 0 Å². The quantitative estimate of drug-likeness (QED) is 0.170. The van der Waals surface area contributed by atoms with Gasteiger partial charge in [-0.25, -0.2) is 9.45 Å². The lowest BCUT2D eigenvalue weighted by Gasteiger charge is -1.94. The van der Waals surface area contributed by atoms with Crippen molar-refractivity contribution in [1.82, 2.24) is 0 Å². The van der Waals surface area contributed by atoms with Crippen molar-refractivity contribution in [3.63, 3.8) is 0 Å². The standard InChI is InChI=1S/C2H6O4PS2/c3-7(4)6-5-1-2-9-8/h8H,1-2H2,(H,3,4). The third kappa shape index (κ3) is 8.68.